The maximum atomic E-state index is 13.5. The maximum Gasteiger partial charge on any atom is 0.416 e. The molecule has 38 heavy (non-hydrogen) atoms. The molecule has 0 aliphatic rings. The van der Waals surface area contributed by atoms with Gasteiger partial charge in [0.1, 0.15) is 5.82 Å². The van der Waals surface area contributed by atoms with Crippen LogP contribution in [0.1, 0.15) is 36.8 Å². The first kappa shape index (κ1) is 27.4. The smallest absolute Gasteiger partial charge is 0.352 e. The van der Waals surface area contributed by atoms with Gasteiger partial charge in [-0.1, -0.05) is 42.4 Å². The molecule has 0 atom stereocenters. The van der Waals surface area contributed by atoms with E-state index in [4.69, 9.17) is 0 Å². The molecule has 0 aliphatic heterocycles. The van der Waals surface area contributed by atoms with E-state index in [2.05, 4.69) is 10.3 Å². The maximum absolute atomic E-state index is 13.5. The molecule has 1 amide bonds. The van der Waals surface area contributed by atoms with E-state index in [-0.39, 0.29) is 24.4 Å². The summed E-state index contributed by atoms with van der Waals surface area (Å²) in [7, 11) is 0. The van der Waals surface area contributed by atoms with Gasteiger partial charge in [-0.05, 0) is 66.9 Å². The molecular weight excluding hydrogens is 518 g/mol. The molecule has 1 heterocycles. The Kier molecular flexibility index (Phi) is 8.83. The van der Waals surface area contributed by atoms with Gasteiger partial charge in [0, 0.05) is 18.7 Å². The van der Waals surface area contributed by atoms with E-state index in [0.29, 0.717) is 39.5 Å². The largest absolute Gasteiger partial charge is 0.416 e. The van der Waals surface area contributed by atoms with Gasteiger partial charge in [0.2, 0.25) is 5.91 Å². The molecule has 4 rings (SSSR count). The Balaban J connectivity index is 1.29. The average molecular weight is 544 g/mol. The number of nitrogens with zero attached hydrogens (tertiary/aromatic N) is 2. The SMILES string of the molecule is O=C(CCCCCSc1nc2ccccc2c(=O)n1-c1ccc(F)cc1)NCc1cccc(C(F)(F)F)c1. The standard InChI is InChI=1S/C28H25F4N3O2S/c29-21-12-14-22(15-13-21)35-26(37)23-9-3-4-10-24(23)34-27(35)38-16-5-1-2-11-25(36)33-18-19-7-6-8-20(17-19)28(30,31)32/h3-4,6-10,12-15,17H,1-2,5,11,16,18H2,(H,33,36). The molecule has 10 heteroatoms. The van der Waals surface area contributed by atoms with E-state index in [1.165, 1.54) is 46.7 Å². The molecular formula is C28H25F4N3O2S. The molecule has 0 bridgehead atoms. The van der Waals surface area contributed by atoms with Crippen molar-refractivity contribution in [3.8, 4) is 5.69 Å². The number of alkyl halides is 3. The number of thioether (sulfide) groups is 1. The zero-order chi connectivity index (χ0) is 27.1. The lowest BCUT2D eigenvalue weighted by Crippen LogP contribution is -2.22. The van der Waals surface area contributed by atoms with Gasteiger partial charge in [0.25, 0.3) is 5.56 Å². The van der Waals surface area contributed by atoms with Crippen molar-refractivity contribution in [2.75, 3.05) is 5.75 Å². The van der Waals surface area contributed by atoms with Crippen molar-refractivity contribution in [2.45, 2.75) is 43.6 Å². The number of halogens is 4. The second-order valence-electron chi connectivity index (χ2n) is 8.66. The van der Waals surface area contributed by atoms with E-state index in [0.717, 1.165) is 25.0 Å². The highest BCUT2D eigenvalue weighted by Gasteiger charge is 2.30. The fraction of sp³-hybridized carbons (Fsp3) is 0.250. The molecule has 1 N–H and O–H groups in total. The van der Waals surface area contributed by atoms with Crippen LogP contribution < -0.4 is 10.9 Å². The monoisotopic (exact) mass is 543 g/mol. The van der Waals surface area contributed by atoms with Crippen LogP contribution in [0.15, 0.2) is 82.7 Å². The van der Waals surface area contributed by atoms with Crippen molar-refractivity contribution in [2.24, 2.45) is 0 Å². The van der Waals surface area contributed by atoms with Crippen molar-refractivity contribution in [3.63, 3.8) is 0 Å². The number of rotatable bonds is 10. The number of carbonyl (C=O) groups is 1. The molecule has 5 nitrogen and oxygen atoms in total. The number of unbranched alkanes of at least 4 members (excludes halogenated alkanes) is 2. The predicted octanol–water partition coefficient (Wildman–Crippen LogP) is 6.51. The lowest BCUT2D eigenvalue weighted by molar-refractivity contribution is -0.137. The summed E-state index contributed by atoms with van der Waals surface area (Å²) in [6.07, 6.45) is -2.03. The Morgan fingerprint density at radius 2 is 1.71 bits per heavy atom. The second kappa shape index (κ2) is 12.3. The predicted molar refractivity (Wildman–Crippen MR) is 140 cm³/mol. The summed E-state index contributed by atoms with van der Waals surface area (Å²) < 4.78 is 53.4. The first-order valence-corrected chi connectivity index (χ1v) is 13.0. The van der Waals surface area contributed by atoms with Gasteiger partial charge in [-0.25, -0.2) is 9.37 Å². The van der Waals surface area contributed by atoms with E-state index in [9.17, 15) is 27.2 Å². The lowest BCUT2D eigenvalue weighted by atomic mass is 10.1. The third kappa shape index (κ3) is 7.00. The number of benzene rings is 3. The van der Waals surface area contributed by atoms with Crippen molar-refractivity contribution in [1.82, 2.24) is 14.9 Å². The molecule has 0 saturated heterocycles. The van der Waals surface area contributed by atoms with Gasteiger partial charge in [-0.3, -0.25) is 14.2 Å². The minimum absolute atomic E-state index is 0.0349. The van der Waals surface area contributed by atoms with Crippen LogP contribution in [0.3, 0.4) is 0 Å². The Morgan fingerprint density at radius 3 is 2.47 bits per heavy atom. The minimum Gasteiger partial charge on any atom is -0.352 e. The Morgan fingerprint density at radius 1 is 0.947 bits per heavy atom. The summed E-state index contributed by atoms with van der Waals surface area (Å²) in [5.41, 5.74) is 0.514. The Labute approximate surface area is 220 Å². The summed E-state index contributed by atoms with van der Waals surface area (Å²) in [5.74, 6) is 0.0256. The highest BCUT2D eigenvalue weighted by atomic mass is 32.2. The highest BCUT2D eigenvalue weighted by Crippen LogP contribution is 2.29. The van der Waals surface area contributed by atoms with Gasteiger partial charge in [-0.15, -0.1) is 0 Å². The van der Waals surface area contributed by atoms with E-state index < -0.39 is 17.6 Å². The lowest BCUT2D eigenvalue weighted by Gasteiger charge is -2.13. The van der Waals surface area contributed by atoms with Crippen LogP contribution >= 0.6 is 11.8 Å². The number of para-hydroxylation sites is 1. The number of nitrogens with one attached hydrogen (secondary N) is 1. The van der Waals surface area contributed by atoms with Crippen LogP contribution in [0.25, 0.3) is 16.6 Å². The van der Waals surface area contributed by atoms with Crippen LogP contribution in [0.2, 0.25) is 0 Å². The number of aromatic nitrogens is 2. The molecule has 0 unspecified atom stereocenters. The Hall–Kier alpha value is -3.66. The minimum atomic E-state index is -4.42. The van der Waals surface area contributed by atoms with Crippen molar-refractivity contribution >= 4 is 28.6 Å². The summed E-state index contributed by atoms with van der Waals surface area (Å²) in [6.45, 7) is 0.0349. The van der Waals surface area contributed by atoms with Gasteiger partial charge in [0.15, 0.2) is 5.16 Å². The first-order valence-electron chi connectivity index (χ1n) is 12.1. The molecule has 0 radical (unpaired) electrons. The summed E-state index contributed by atoms with van der Waals surface area (Å²) in [4.78, 5) is 30.0. The number of amides is 1. The second-order valence-corrected chi connectivity index (χ2v) is 9.72. The summed E-state index contributed by atoms with van der Waals surface area (Å²) >= 11 is 1.41. The van der Waals surface area contributed by atoms with Crippen molar-refractivity contribution in [1.29, 1.82) is 0 Å². The van der Waals surface area contributed by atoms with Crippen LogP contribution in [-0.2, 0) is 17.5 Å². The van der Waals surface area contributed by atoms with Gasteiger partial charge < -0.3 is 5.32 Å². The number of fused-ring (bicyclic) bond motifs is 1. The summed E-state index contributed by atoms with van der Waals surface area (Å²) in [5, 5.41) is 3.63. The molecule has 0 saturated carbocycles. The molecule has 3 aromatic carbocycles. The zero-order valence-electron chi connectivity index (χ0n) is 20.3. The number of hydrogen-bond donors (Lipinski definition) is 1. The first-order chi connectivity index (χ1) is 18.2. The highest BCUT2D eigenvalue weighted by molar-refractivity contribution is 7.99. The number of carbonyl (C=O) groups excluding carboxylic acids is 1. The topological polar surface area (TPSA) is 64.0 Å². The molecule has 0 fully saturated rings. The molecule has 4 aromatic rings. The quantitative estimate of drug-likeness (QED) is 0.107. The van der Waals surface area contributed by atoms with E-state index in [1.807, 2.05) is 6.07 Å². The van der Waals surface area contributed by atoms with Gasteiger partial charge in [-0.2, -0.15) is 13.2 Å². The number of hydrogen-bond acceptors (Lipinski definition) is 4. The fourth-order valence-electron chi connectivity index (χ4n) is 3.90. The van der Waals surface area contributed by atoms with Crippen molar-refractivity contribution < 1.29 is 22.4 Å². The third-order valence-corrected chi connectivity index (χ3v) is 6.88. The molecule has 0 aliphatic carbocycles. The van der Waals surface area contributed by atoms with Crippen LogP contribution in [0.4, 0.5) is 17.6 Å². The fourth-order valence-corrected chi connectivity index (χ4v) is 4.91. The normalized spacial score (nSPS) is 11.6. The van der Waals surface area contributed by atoms with Crippen LogP contribution in [-0.4, -0.2) is 21.2 Å². The average Bonchev–Trinajstić information content (AvgIpc) is 2.90. The third-order valence-electron chi connectivity index (χ3n) is 5.85. The zero-order valence-corrected chi connectivity index (χ0v) is 21.1. The van der Waals surface area contributed by atoms with Crippen LogP contribution in [0, 0.1) is 5.82 Å². The van der Waals surface area contributed by atoms with Crippen molar-refractivity contribution in [3.05, 3.63) is 100 Å². The van der Waals surface area contributed by atoms with Crippen LogP contribution in [0.5, 0.6) is 0 Å². The van der Waals surface area contributed by atoms with Gasteiger partial charge in [0.05, 0.1) is 22.2 Å². The van der Waals surface area contributed by atoms with E-state index >= 15 is 0 Å². The molecule has 198 valence electrons. The molecule has 0 spiro atoms. The Bertz CT molecular complexity index is 1470. The summed E-state index contributed by atoms with van der Waals surface area (Å²) in [6, 6.07) is 17.6. The van der Waals surface area contributed by atoms with Gasteiger partial charge >= 0.3 is 6.18 Å². The molecule has 1 aromatic heterocycles. The van der Waals surface area contributed by atoms with E-state index in [1.54, 1.807) is 24.3 Å².